The van der Waals surface area contributed by atoms with Gasteiger partial charge in [0.15, 0.2) is 6.10 Å². The van der Waals surface area contributed by atoms with Gasteiger partial charge in [-0.25, -0.2) is 0 Å². The van der Waals surface area contributed by atoms with Crippen LogP contribution in [0.3, 0.4) is 0 Å². The lowest BCUT2D eigenvalue weighted by atomic mass is 9.45. The smallest absolute Gasteiger partial charge is 0.303 e. The number of esters is 1. The van der Waals surface area contributed by atoms with Gasteiger partial charge < -0.3 is 14.6 Å². The Kier molecular flexibility index (Phi) is 4.64. The number of carbonyl (C=O) groups excluding carboxylic acids is 2. The average molecular weight is 364 g/mol. The third-order valence-electron chi connectivity index (χ3n) is 7.14. The van der Waals surface area contributed by atoms with Crippen molar-refractivity contribution >= 4 is 11.8 Å². The topological polar surface area (TPSA) is 72.8 Å². The van der Waals surface area contributed by atoms with Crippen LogP contribution in [0.2, 0.25) is 0 Å². The molecule has 1 aliphatic heterocycles. The molecule has 26 heavy (non-hydrogen) atoms. The molecule has 3 fully saturated rings. The lowest BCUT2D eigenvalue weighted by Gasteiger charge is -2.63. The first-order chi connectivity index (χ1) is 11.9. The minimum atomic E-state index is -0.861. The first kappa shape index (κ1) is 19.6. The Morgan fingerprint density at radius 3 is 2.54 bits per heavy atom. The van der Waals surface area contributed by atoms with E-state index in [0.717, 1.165) is 19.3 Å². The summed E-state index contributed by atoms with van der Waals surface area (Å²) in [5.74, 6) is -0.854. The van der Waals surface area contributed by atoms with Crippen LogP contribution < -0.4 is 0 Å². The van der Waals surface area contributed by atoms with Crippen molar-refractivity contribution in [2.24, 2.45) is 22.7 Å². The number of rotatable bonds is 2. The van der Waals surface area contributed by atoms with Gasteiger partial charge in [0.25, 0.3) is 0 Å². The molecule has 1 heterocycles. The molecule has 1 saturated heterocycles. The molecule has 0 aromatic carbocycles. The predicted octanol–water partition coefficient (Wildman–Crippen LogP) is 3.04. The highest BCUT2D eigenvalue weighted by molar-refractivity contribution is 5.85. The SMILES string of the molecule is C=C[C@@]1(C)CC(=O)[C@H]2[C@H](O1)C(OC(C)=O)C(O)[C@H]1C(C)(C)CCCC21C. The van der Waals surface area contributed by atoms with Crippen LogP contribution in [0.5, 0.6) is 0 Å². The molecule has 0 radical (unpaired) electrons. The quantitative estimate of drug-likeness (QED) is 0.602. The highest BCUT2D eigenvalue weighted by Gasteiger charge is 2.66. The van der Waals surface area contributed by atoms with Crippen molar-refractivity contribution in [3.05, 3.63) is 12.7 Å². The minimum Gasteiger partial charge on any atom is -0.457 e. The lowest BCUT2D eigenvalue weighted by Crippen LogP contribution is -2.70. The van der Waals surface area contributed by atoms with E-state index in [4.69, 9.17) is 9.47 Å². The normalized spacial score (nSPS) is 47.5. The third kappa shape index (κ3) is 2.84. The molecule has 0 aromatic heterocycles. The van der Waals surface area contributed by atoms with Crippen molar-refractivity contribution in [1.29, 1.82) is 0 Å². The summed E-state index contributed by atoms with van der Waals surface area (Å²) in [5, 5.41) is 11.3. The van der Waals surface area contributed by atoms with Crippen LogP contribution in [0.15, 0.2) is 12.7 Å². The monoisotopic (exact) mass is 364 g/mol. The van der Waals surface area contributed by atoms with Crippen LogP contribution >= 0.6 is 0 Å². The van der Waals surface area contributed by atoms with E-state index in [2.05, 4.69) is 27.4 Å². The second-order valence-electron chi connectivity index (χ2n) is 9.61. The van der Waals surface area contributed by atoms with E-state index in [-0.39, 0.29) is 34.9 Å². The first-order valence-electron chi connectivity index (χ1n) is 9.65. The standard InChI is InChI=1S/C21H32O5/c1-7-20(5)11-13(23)14-16(26-20)17(25-12(2)22)15(24)18-19(3,4)9-8-10-21(14,18)6/h7,14-18,24H,1,8-11H2,2-6H3/t14-,15?,16-,17?,18-,20-,21?/m0/s1. The zero-order valence-electron chi connectivity index (χ0n) is 16.6. The summed E-state index contributed by atoms with van der Waals surface area (Å²) in [4.78, 5) is 25.0. The highest BCUT2D eigenvalue weighted by Crippen LogP contribution is 2.62. The van der Waals surface area contributed by atoms with Crippen molar-refractivity contribution in [3.63, 3.8) is 0 Å². The van der Waals surface area contributed by atoms with Crippen LogP contribution in [0, 0.1) is 22.7 Å². The summed E-state index contributed by atoms with van der Waals surface area (Å²) in [5.41, 5.74) is -1.32. The molecule has 2 saturated carbocycles. The first-order valence-corrected chi connectivity index (χ1v) is 9.65. The molecule has 5 heteroatoms. The largest absolute Gasteiger partial charge is 0.457 e. The highest BCUT2D eigenvalue weighted by atomic mass is 16.6. The van der Waals surface area contributed by atoms with Gasteiger partial charge in [-0.05, 0) is 36.5 Å². The maximum Gasteiger partial charge on any atom is 0.303 e. The summed E-state index contributed by atoms with van der Waals surface area (Å²) in [6.07, 6.45) is 2.42. The number of hydrogen-bond donors (Lipinski definition) is 1. The molecule has 146 valence electrons. The predicted molar refractivity (Wildman–Crippen MR) is 97.4 cm³/mol. The summed E-state index contributed by atoms with van der Waals surface area (Å²) in [6, 6.07) is 0. The molecule has 3 aliphatic rings. The molecule has 7 atom stereocenters. The van der Waals surface area contributed by atoms with Crippen LogP contribution in [-0.2, 0) is 19.1 Å². The van der Waals surface area contributed by atoms with Crippen molar-refractivity contribution in [2.45, 2.75) is 84.2 Å². The van der Waals surface area contributed by atoms with Gasteiger partial charge in [-0.15, -0.1) is 6.58 Å². The Morgan fingerprint density at radius 2 is 1.96 bits per heavy atom. The van der Waals surface area contributed by atoms with E-state index in [0.29, 0.717) is 0 Å². The second kappa shape index (κ2) is 6.16. The number of aliphatic hydroxyl groups is 1. The Hall–Kier alpha value is -1.20. The fraction of sp³-hybridized carbons (Fsp3) is 0.810. The molecule has 0 aromatic rings. The summed E-state index contributed by atoms with van der Waals surface area (Å²) in [7, 11) is 0. The van der Waals surface area contributed by atoms with E-state index >= 15 is 0 Å². The maximum absolute atomic E-state index is 13.3. The van der Waals surface area contributed by atoms with E-state index < -0.39 is 29.9 Å². The van der Waals surface area contributed by atoms with Crippen LogP contribution in [0.1, 0.15) is 60.3 Å². The van der Waals surface area contributed by atoms with Gasteiger partial charge in [0.05, 0.1) is 17.6 Å². The Bertz CT molecular complexity index is 626. The zero-order chi connectivity index (χ0) is 19.5. The van der Waals surface area contributed by atoms with E-state index in [1.165, 1.54) is 6.92 Å². The lowest BCUT2D eigenvalue weighted by molar-refractivity contribution is -0.269. The number of ketones is 1. The van der Waals surface area contributed by atoms with Gasteiger partial charge in [0.1, 0.15) is 11.9 Å². The van der Waals surface area contributed by atoms with Gasteiger partial charge >= 0.3 is 5.97 Å². The number of fused-ring (bicyclic) bond motifs is 3. The van der Waals surface area contributed by atoms with E-state index in [9.17, 15) is 14.7 Å². The molecule has 3 unspecified atom stereocenters. The number of aliphatic hydroxyl groups excluding tert-OH is 1. The molecule has 5 nitrogen and oxygen atoms in total. The van der Waals surface area contributed by atoms with Crippen molar-refractivity contribution < 1.29 is 24.2 Å². The van der Waals surface area contributed by atoms with Crippen molar-refractivity contribution in [3.8, 4) is 0 Å². The Balaban J connectivity index is 2.11. The molecular formula is C21H32O5. The second-order valence-corrected chi connectivity index (χ2v) is 9.61. The van der Waals surface area contributed by atoms with Gasteiger partial charge in [-0.3, -0.25) is 9.59 Å². The van der Waals surface area contributed by atoms with Gasteiger partial charge in [0, 0.05) is 13.3 Å². The molecule has 0 spiro atoms. The fourth-order valence-electron chi connectivity index (χ4n) is 6.22. The van der Waals surface area contributed by atoms with Crippen LogP contribution in [0.4, 0.5) is 0 Å². The third-order valence-corrected chi connectivity index (χ3v) is 7.14. The van der Waals surface area contributed by atoms with Crippen LogP contribution in [0.25, 0.3) is 0 Å². The minimum absolute atomic E-state index is 0.123. The zero-order valence-corrected chi connectivity index (χ0v) is 16.6. The molecule has 2 aliphatic carbocycles. The van der Waals surface area contributed by atoms with Crippen molar-refractivity contribution in [2.75, 3.05) is 0 Å². The van der Waals surface area contributed by atoms with Gasteiger partial charge in [-0.1, -0.05) is 33.3 Å². The summed E-state index contributed by atoms with van der Waals surface area (Å²) < 4.78 is 11.8. The number of Topliss-reactive ketones (excluding diaryl/α,β-unsaturated/α-hetero) is 1. The van der Waals surface area contributed by atoms with Crippen LogP contribution in [-0.4, -0.2) is 40.8 Å². The molecule has 0 amide bonds. The van der Waals surface area contributed by atoms with Gasteiger partial charge in [0.2, 0.25) is 0 Å². The average Bonchev–Trinajstić information content (AvgIpc) is 2.49. The Morgan fingerprint density at radius 1 is 1.31 bits per heavy atom. The Labute approximate surface area is 156 Å². The molecular weight excluding hydrogens is 332 g/mol. The molecule has 1 N–H and O–H groups in total. The molecule has 0 bridgehead atoms. The fourth-order valence-corrected chi connectivity index (χ4v) is 6.22. The van der Waals surface area contributed by atoms with Crippen molar-refractivity contribution in [1.82, 2.24) is 0 Å². The number of ether oxygens (including phenoxy) is 2. The summed E-state index contributed by atoms with van der Waals surface area (Å²) >= 11 is 0. The van der Waals surface area contributed by atoms with E-state index in [1.54, 1.807) is 6.08 Å². The molecule has 3 rings (SSSR count). The van der Waals surface area contributed by atoms with E-state index in [1.807, 2.05) is 6.92 Å². The van der Waals surface area contributed by atoms with Gasteiger partial charge in [-0.2, -0.15) is 0 Å². The number of hydrogen-bond acceptors (Lipinski definition) is 5. The number of carbonyl (C=O) groups is 2. The maximum atomic E-state index is 13.3. The summed E-state index contributed by atoms with van der Waals surface area (Å²) in [6.45, 7) is 13.4.